The Morgan fingerprint density at radius 1 is 1.03 bits per heavy atom. The van der Waals surface area contributed by atoms with Gasteiger partial charge in [0.25, 0.3) is 0 Å². The highest BCUT2D eigenvalue weighted by atomic mass is 35.5. The van der Waals surface area contributed by atoms with Crippen LogP contribution in [0.2, 0.25) is 10.0 Å². The molecule has 0 aliphatic rings. The predicted molar refractivity (Wildman–Crippen MR) is 156 cm³/mol. The minimum Gasteiger partial charge on any atom is -0.356 e. The molecule has 1 amide bonds. The Hall–Kier alpha value is -3.13. The van der Waals surface area contributed by atoms with Gasteiger partial charge in [-0.2, -0.15) is 0 Å². The summed E-state index contributed by atoms with van der Waals surface area (Å²) >= 11 is 13.7. The van der Waals surface area contributed by atoms with E-state index in [0.717, 1.165) is 33.4 Å². The van der Waals surface area contributed by atoms with Gasteiger partial charge in [0.05, 0.1) is 5.52 Å². The number of halogens is 2. The summed E-state index contributed by atoms with van der Waals surface area (Å²) in [5.74, 6) is 0.741. The first-order chi connectivity index (χ1) is 18.5. The van der Waals surface area contributed by atoms with E-state index in [2.05, 4.69) is 57.3 Å². The van der Waals surface area contributed by atoms with Crippen LogP contribution < -0.4 is 5.32 Å². The Labute approximate surface area is 235 Å². The molecule has 0 unspecified atom stereocenters. The van der Waals surface area contributed by atoms with E-state index in [-0.39, 0.29) is 5.91 Å². The lowest BCUT2D eigenvalue weighted by Gasteiger charge is -2.08. The summed E-state index contributed by atoms with van der Waals surface area (Å²) in [6.07, 6.45) is 1.81. The van der Waals surface area contributed by atoms with Crippen molar-refractivity contribution in [2.75, 3.05) is 12.3 Å². The Balaban J connectivity index is 1.20. The minimum atomic E-state index is 0.0172. The number of benzene rings is 3. The van der Waals surface area contributed by atoms with Gasteiger partial charge in [-0.3, -0.25) is 4.79 Å². The van der Waals surface area contributed by atoms with Gasteiger partial charge in [-0.15, -0.1) is 10.2 Å². The molecular weight excluding hydrogens is 537 g/mol. The molecule has 0 atom stereocenters. The molecule has 38 heavy (non-hydrogen) atoms. The first kappa shape index (κ1) is 26.5. The zero-order valence-electron chi connectivity index (χ0n) is 21.0. The van der Waals surface area contributed by atoms with Gasteiger partial charge in [0.2, 0.25) is 11.1 Å². The van der Waals surface area contributed by atoms with Crippen molar-refractivity contribution in [3.63, 3.8) is 0 Å². The highest BCUT2D eigenvalue weighted by molar-refractivity contribution is 7.99. The number of amides is 1. The maximum absolute atomic E-state index is 12.3. The Morgan fingerprint density at radius 3 is 2.68 bits per heavy atom. The molecule has 5 aromatic rings. The van der Waals surface area contributed by atoms with Crippen LogP contribution >= 0.6 is 35.0 Å². The second kappa shape index (κ2) is 12.2. The van der Waals surface area contributed by atoms with Crippen molar-refractivity contribution < 1.29 is 4.79 Å². The monoisotopic (exact) mass is 563 g/mol. The first-order valence-corrected chi connectivity index (χ1v) is 14.2. The van der Waals surface area contributed by atoms with Crippen molar-refractivity contribution in [2.45, 2.75) is 37.9 Å². The van der Waals surface area contributed by atoms with Gasteiger partial charge in [-0.25, -0.2) is 4.98 Å². The molecule has 2 aromatic heterocycles. The second-order valence-electron chi connectivity index (χ2n) is 9.15. The lowest BCUT2D eigenvalue weighted by atomic mass is 10.1. The minimum absolute atomic E-state index is 0.0172. The van der Waals surface area contributed by atoms with Crippen LogP contribution in [0.25, 0.3) is 22.1 Å². The third-order valence-corrected chi connectivity index (χ3v) is 7.81. The van der Waals surface area contributed by atoms with Gasteiger partial charge in [0, 0.05) is 40.7 Å². The summed E-state index contributed by atoms with van der Waals surface area (Å²) in [7, 11) is 0. The molecule has 9 heteroatoms. The average Bonchev–Trinajstić information content (AvgIpc) is 3.20. The van der Waals surface area contributed by atoms with E-state index in [1.54, 1.807) is 12.1 Å². The fourth-order valence-corrected chi connectivity index (χ4v) is 5.61. The lowest BCUT2D eigenvalue weighted by molar-refractivity contribution is -0.121. The van der Waals surface area contributed by atoms with Crippen molar-refractivity contribution in [3.8, 4) is 0 Å². The van der Waals surface area contributed by atoms with E-state index in [1.807, 2.05) is 24.3 Å². The molecule has 0 saturated heterocycles. The molecule has 0 aliphatic carbocycles. The summed E-state index contributed by atoms with van der Waals surface area (Å²) in [4.78, 5) is 17.2. The fraction of sp³-hybridized carbons (Fsp3) is 0.241. The van der Waals surface area contributed by atoms with Crippen LogP contribution in [0.3, 0.4) is 0 Å². The van der Waals surface area contributed by atoms with Crippen molar-refractivity contribution >= 4 is 62.9 Å². The zero-order valence-corrected chi connectivity index (χ0v) is 23.3. The second-order valence-corrected chi connectivity index (χ2v) is 11.1. The smallest absolute Gasteiger partial charge is 0.220 e. The summed E-state index contributed by atoms with van der Waals surface area (Å²) in [6.45, 7) is 3.31. The van der Waals surface area contributed by atoms with Crippen LogP contribution in [0.5, 0.6) is 0 Å². The summed E-state index contributed by atoms with van der Waals surface area (Å²) < 4.78 is 2.21. The van der Waals surface area contributed by atoms with Crippen molar-refractivity contribution in [2.24, 2.45) is 0 Å². The molecule has 0 spiro atoms. The van der Waals surface area contributed by atoms with Crippen LogP contribution in [0.4, 0.5) is 0 Å². The Bertz CT molecular complexity index is 1590. The predicted octanol–water partition coefficient (Wildman–Crippen LogP) is 6.87. The summed E-state index contributed by atoms with van der Waals surface area (Å²) in [5.41, 5.74) is 6.06. The molecule has 1 N–H and O–H groups in total. The highest BCUT2D eigenvalue weighted by Gasteiger charge is 2.16. The number of hydrogen-bond donors (Lipinski definition) is 1. The van der Waals surface area contributed by atoms with Crippen LogP contribution in [-0.2, 0) is 17.8 Å². The normalized spacial score (nSPS) is 11.3. The number of carbonyl (C=O) groups is 1. The first-order valence-electron chi connectivity index (χ1n) is 12.5. The van der Waals surface area contributed by atoms with Gasteiger partial charge >= 0.3 is 0 Å². The molecule has 0 saturated carbocycles. The van der Waals surface area contributed by atoms with Crippen molar-refractivity contribution in [1.29, 1.82) is 0 Å². The number of aromatic nitrogens is 4. The summed E-state index contributed by atoms with van der Waals surface area (Å²) in [6, 6.07) is 22.1. The number of fused-ring (bicyclic) bond motifs is 3. The fourth-order valence-electron chi connectivity index (χ4n) is 4.39. The van der Waals surface area contributed by atoms with E-state index in [0.29, 0.717) is 47.6 Å². The molecule has 0 aliphatic heterocycles. The third-order valence-electron chi connectivity index (χ3n) is 6.30. The molecule has 5 rings (SSSR count). The molecule has 0 radical (unpaired) electrons. The molecule has 0 bridgehead atoms. The van der Waals surface area contributed by atoms with E-state index < -0.39 is 0 Å². The standard InChI is InChI=1S/C29H27Cl2N5OS/c1-19-9-12-25-23(16-19)27-28(36(25)18-20-6-3-2-4-7-20)33-29(35-34-27)38-15-5-8-26(37)32-14-13-21-10-11-22(30)17-24(21)31/h2-4,6-7,9-12,16-17H,5,8,13-15,18H2,1H3,(H,32,37). The van der Waals surface area contributed by atoms with Gasteiger partial charge in [0.1, 0.15) is 5.52 Å². The Morgan fingerprint density at radius 2 is 1.87 bits per heavy atom. The number of carbonyl (C=O) groups excluding carboxylic acids is 1. The number of hydrogen-bond acceptors (Lipinski definition) is 5. The number of rotatable bonds is 10. The zero-order chi connectivity index (χ0) is 26.5. The molecule has 3 aromatic carbocycles. The van der Waals surface area contributed by atoms with Crippen LogP contribution in [0.15, 0.2) is 71.9 Å². The number of thioether (sulfide) groups is 1. The molecule has 194 valence electrons. The van der Waals surface area contributed by atoms with Crippen molar-refractivity contribution in [3.05, 3.63) is 93.5 Å². The Kier molecular flexibility index (Phi) is 8.47. The quantitative estimate of drug-likeness (QED) is 0.148. The van der Waals surface area contributed by atoms with Crippen molar-refractivity contribution in [1.82, 2.24) is 25.1 Å². The van der Waals surface area contributed by atoms with Gasteiger partial charge in [-0.05, 0) is 55.2 Å². The molecular formula is C29H27Cl2N5OS. The van der Waals surface area contributed by atoms with Crippen LogP contribution in [0.1, 0.15) is 29.5 Å². The largest absolute Gasteiger partial charge is 0.356 e. The topological polar surface area (TPSA) is 72.7 Å². The van der Waals surface area contributed by atoms with Gasteiger partial charge in [0.15, 0.2) is 5.65 Å². The van der Waals surface area contributed by atoms with E-state index in [4.69, 9.17) is 28.2 Å². The summed E-state index contributed by atoms with van der Waals surface area (Å²) in [5, 5.41) is 14.8. The third kappa shape index (κ3) is 6.29. The number of aryl methyl sites for hydroxylation is 1. The number of nitrogens with one attached hydrogen (secondary N) is 1. The lowest BCUT2D eigenvalue weighted by Crippen LogP contribution is -2.25. The van der Waals surface area contributed by atoms with E-state index >= 15 is 0 Å². The maximum Gasteiger partial charge on any atom is 0.220 e. The van der Waals surface area contributed by atoms with Gasteiger partial charge in [-0.1, -0.05) is 83.0 Å². The van der Waals surface area contributed by atoms with E-state index in [9.17, 15) is 4.79 Å². The average molecular weight is 565 g/mol. The van der Waals surface area contributed by atoms with Crippen LogP contribution in [-0.4, -0.2) is 38.0 Å². The molecule has 6 nitrogen and oxygen atoms in total. The SMILES string of the molecule is Cc1ccc2c(c1)c1nnc(SCCCC(=O)NCCc3ccc(Cl)cc3Cl)nc1n2Cc1ccccc1. The number of nitrogens with zero attached hydrogens (tertiary/aromatic N) is 4. The molecule has 0 fully saturated rings. The molecule has 2 heterocycles. The van der Waals surface area contributed by atoms with Crippen LogP contribution in [0, 0.1) is 6.92 Å². The highest BCUT2D eigenvalue weighted by Crippen LogP contribution is 2.29. The maximum atomic E-state index is 12.3. The van der Waals surface area contributed by atoms with E-state index in [1.165, 1.54) is 22.9 Å². The van der Waals surface area contributed by atoms with Gasteiger partial charge < -0.3 is 9.88 Å².